The second-order valence-corrected chi connectivity index (χ2v) is 5.36. The Morgan fingerprint density at radius 3 is 2.94 bits per heavy atom. The number of hydrogen-bond donors (Lipinski definition) is 0. The Hall–Kier alpha value is -1.35. The Kier molecular flexibility index (Phi) is 3.08. The van der Waals surface area contributed by atoms with E-state index in [4.69, 9.17) is 11.6 Å². The minimum absolute atomic E-state index is 0.335. The number of piperidine rings is 1. The lowest BCUT2D eigenvalue weighted by Gasteiger charge is -2.32. The topological polar surface area (TPSA) is 29.0 Å². The highest BCUT2D eigenvalue weighted by Crippen LogP contribution is 2.28. The zero-order valence-corrected chi connectivity index (χ0v) is 11.2. The minimum atomic E-state index is 0.335. The molecule has 0 aliphatic carbocycles. The third-order valence-electron chi connectivity index (χ3n) is 3.51. The van der Waals surface area contributed by atoms with Crippen LogP contribution in [0.5, 0.6) is 0 Å². The van der Waals surface area contributed by atoms with Crippen LogP contribution in [0.3, 0.4) is 0 Å². The van der Waals surface area contributed by atoms with E-state index in [2.05, 4.69) is 27.9 Å². The highest BCUT2D eigenvalue weighted by molar-refractivity contribution is 6.28. The number of para-hydroxylation sites is 1. The molecular weight excluding hydrogens is 246 g/mol. The van der Waals surface area contributed by atoms with Gasteiger partial charge in [0, 0.05) is 18.5 Å². The first kappa shape index (κ1) is 11.7. The van der Waals surface area contributed by atoms with E-state index in [9.17, 15) is 0 Å². The van der Waals surface area contributed by atoms with Crippen LogP contribution in [0.4, 0.5) is 5.82 Å². The van der Waals surface area contributed by atoms with Gasteiger partial charge in [-0.15, -0.1) is 0 Å². The molecule has 0 spiro atoms. The van der Waals surface area contributed by atoms with Crippen LogP contribution in [0.1, 0.15) is 19.8 Å². The standard InChI is InChI=1S/C14H16ClN3/c1-10-5-4-8-18(9-10)13-11-6-2-3-7-12(11)16-14(15)17-13/h2-3,6-7,10H,4-5,8-9H2,1H3/t10-/m0/s1. The van der Waals surface area contributed by atoms with E-state index in [1.807, 2.05) is 18.2 Å². The minimum Gasteiger partial charge on any atom is -0.356 e. The van der Waals surface area contributed by atoms with Crippen molar-refractivity contribution in [3.63, 3.8) is 0 Å². The fourth-order valence-corrected chi connectivity index (χ4v) is 2.83. The molecule has 0 saturated carbocycles. The van der Waals surface area contributed by atoms with Gasteiger partial charge in [-0.05, 0) is 42.5 Å². The summed E-state index contributed by atoms with van der Waals surface area (Å²) in [6.45, 7) is 4.40. The summed E-state index contributed by atoms with van der Waals surface area (Å²) >= 11 is 6.03. The van der Waals surface area contributed by atoms with Crippen molar-refractivity contribution in [1.29, 1.82) is 0 Å². The van der Waals surface area contributed by atoms with E-state index in [0.29, 0.717) is 11.2 Å². The predicted molar refractivity (Wildman–Crippen MR) is 75.2 cm³/mol. The molecule has 4 heteroatoms. The summed E-state index contributed by atoms with van der Waals surface area (Å²) in [5, 5.41) is 1.43. The molecule has 1 aromatic heterocycles. The smallest absolute Gasteiger partial charge is 0.224 e. The van der Waals surface area contributed by atoms with Crippen LogP contribution in [0, 0.1) is 5.92 Å². The van der Waals surface area contributed by atoms with Crippen molar-refractivity contribution in [2.75, 3.05) is 18.0 Å². The maximum atomic E-state index is 6.03. The lowest BCUT2D eigenvalue weighted by atomic mass is 10.00. The zero-order valence-electron chi connectivity index (χ0n) is 10.4. The molecule has 0 N–H and O–H groups in total. The lowest BCUT2D eigenvalue weighted by molar-refractivity contribution is 0.445. The van der Waals surface area contributed by atoms with Crippen molar-refractivity contribution in [1.82, 2.24) is 9.97 Å². The van der Waals surface area contributed by atoms with Gasteiger partial charge in [-0.1, -0.05) is 19.1 Å². The molecule has 0 unspecified atom stereocenters. The molecule has 3 rings (SSSR count). The van der Waals surface area contributed by atoms with E-state index in [0.717, 1.165) is 29.8 Å². The molecule has 1 aliphatic heterocycles. The summed E-state index contributed by atoms with van der Waals surface area (Å²) in [6, 6.07) is 8.06. The predicted octanol–water partition coefficient (Wildman–Crippen LogP) is 3.52. The maximum Gasteiger partial charge on any atom is 0.224 e. The third-order valence-corrected chi connectivity index (χ3v) is 3.68. The molecule has 3 nitrogen and oxygen atoms in total. The SMILES string of the molecule is C[C@H]1CCCN(c2nc(Cl)nc3ccccc23)C1. The number of rotatable bonds is 1. The van der Waals surface area contributed by atoms with Crippen LogP contribution >= 0.6 is 11.6 Å². The van der Waals surface area contributed by atoms with Gasteiger partial charge in [-0.2, -0.15) is 4.98 Å². The van der Waals surface area contributed by atoms with Crippen molar-refractivity contribution in [2.45, 2.75) is 19.8 Å². The van der Waals surface area contributed by atoms with E-state index in [1.54, 1.807) is 0 Å². The van der Waals surface area contributed by atoms with Crippen molar-refractivity contribution in [3.8, 4) is 0 Å². The molecule has 1 atom stereocenters. The zero-order chi connectivity index (χ0) is 12.5. The Morgan fingerprint density at radius 2 is 2.11 bits per heavy atom. The Labute approximate surface area is 112 Å². The van der Waals surface area contributed by atoms with Crippen LogP contribution in [-0.4, -0.2) is 23.1 Å². The first-order chi connectivity index (χ1) is 8.74. The second-order valence-electron chi connectivity index (χ2n) is 5.03. The van der Waals surface area contributed by atoms with Gasteiger partial charge in [0.1, 0.15) is 5.82 Å². The molecule has 1 aromatic carbocycles. The number of hydrogen-bond acceptors (Lipinski definition) is 3. The van der Waals surface area contributed by atoms with Crippen molar-refractivity contribution in [2.24, 2.45) is 5.92 Å². The summed E-state index contributed by atoms with van der Waals surface area (Å²) in [5.41, 5.74) is 0.922. The quantitative estimate of drug-likeness (QED) is 0.736. The average molecular weight is 262 g/mol. The van der Waals surface area contributed by atoms with Crippen LogP contribution < -0.4 is 4.90 Å². The molecule has 0 radical (unpaired) electrons. The van der Waals surface area contributed by atoms with E-state index in [1.165, 1.54) is 12.8 Å². The summed E-state index contributed by atoms with van der Waals surface area (Å²) in [6.07, 6.45) is 2.52. The first-order valence-electron chi connectivity index (χ1n) is 6.41. The Bertz CT molecular complexity index is 570. The van der Waals surface area contributed by atoms with Gasteiger partial charge in [0.15, 0.2) is 0 Å². The molecule has 0 bridgehead atoms. The van der Waals surface area contributed by atoms with E-state index >= 15 is 0 Å². The van der Waals surface area contributed by atoms with Crippen LogP contribution in [0.2, 0.25) is 5.28 Å². The average Bonchev–Trinajstić information content (AvgIpc) is 2.37. The fraction of sp³-hybridized carbons (Fsp3) is 0.429. The monoisotopic (exact) mass is 261 g/mol. The Balaban J connectivity index is 2.09. The normalized spacial score (nSPS) is 20.3. The van der Waals surface area contributed by atoms with Gasteiger partial charge in [-0.3, -0.25) is 0 Å². The van der Waals surface area contributed by atoms with Gasteiger partial charge in [0.25, 0.3) is 0 Å². The molecule has 2 aromatic rings. The van der Waals surface area contributed by atoms with Gasteiger partial charge < -0.3 is 4.90 Å². The van der Waals surface area contributed by atoms with Gasteiger partial charge in [-0.25, -0.2) is 4.98 Å². The first-order valence-corrected chi connectivity index (χ1v) is 6.79. The lowest BCUT2D eigenvalue weighted by Crippen LogP contribution is -2.35. The van der Waals surface area contributed by atoms with E-state index in [-0.39, 0.29) is 0 Å². The van der Waals surface area contributed by atoms with Crippen LogP contribution in [0.25, 0.3) is 10.9 Å². The number of anilines is 1. The largest absolute Gasteiger partial charge is 0.356 e. The molecule has 1 saturated heterocycles. The third kappa shape index (κ3) is 2.15. The number of nitrogens with zero attached hydrogens (tertiary/aromatic N) is 3. The number of fused-ring (bicyclic) bond motifs is 1. The summed E-state index contributed by atoms with van der Waals surface area (Å²) < 4.78 is 0. The van der Waals surface area contributed by atoms with Gasteiger partial charge in [0.2, 0.25) is 5.28 Å². The van der Waals surface area contributed by atoms with Gasteiger partial charge in [0.05, 0.1) is 5.52 Å². The molecule has 1 fully saturated rings. The van der Waals surface area contributed by atoms with Crippen molar-refractivity contribution in [3.05, 3.63) is 29.5 Å². The van der Waals surface area contributed by atoms with Crippen LogP contribution in [0.15, 0.2) is 24.3 Å². The van der Waals surface area contributed by atoms with Crippen molar-refractivity contribution >= 4 is 28.3 Å². The molecule has 18 heavy (non-hydrogen) atoms. The number of aromatic nitrogens is 2. The highest BCUT2D eigenvalue weighted by atomic mass is 35.5. The van der Waals surface area contributed by atoms with Crippen molar-refractivity contribution < 1.29 is 0 Å². The van der Waals surface area contributed by atoms with Crippen LogP contribution in [-0.2, 0) is 0 Å². The van der Waals surface area contributed by atoms with Gasteiger partial charge >= 0.3 is 0 Å². The summed E-state index contributed by atoms with van der Waals surface area (Å²) in [7, 11) is 0. The summed E-state index contributed by atoms with van der Waals surface area (Å²) in [5.74, 6) is 1.70. The molecule has 1 aliphatic rings. The number of benzene rings is 1. The second kappa shape index (κ2) is 4.73. The van der Waals surface area contributed by atoms with E-state index < -0.39 is 0 Å². The molecular formula is C14H16ClN3. The highest BCUT2D eigenvalue weighted by Gasteiger charge is 2.20. The Morgan fingerprint density at radius 1 is 1.28 bits per heavy atom. The fourth-order valence-electron chi connectivity index (χ4n) is 2.66. The summed E-state index contributed by atoms with van der Waals surface area (Å²) in [4.78, 5) is 11.1. The maximum absolute atomic E-state index is 6.03. The number of halogens is 1. The molecule has 2 heterocycles. The molecule has 0 amide bonds. The molecule has 94 valence electrons.